The van der Waals surface area contributed by atoms with Crippen LogP contribution in [0.2, 0.25) is 0 Å². The van der Waals surface area contributed by atoms with Crippen LogP contribution in [0.4, 0.5) is 13.2 Å². The summed E-state index contributed by atoms with van der Waals surface area (Å²) in [6.07, 6.45) is -2.96. The molecule has 0 saturated carbocycles. The number of nitrogens with one attached hydrogen (secondary N) is 1. The Bertz CT molecular complexity index is 624. The second-order valence-electron chi connectivity index (χ2n) is 3.89. The topological polar surface area (TPSA) is 72.0 Å². The molecule has 7 heteroatoms. The van der Waals surface area contributed by atoms with Crippen molar-refractivity contribution in [3.05, 3.63) is 53.7 Å². The van der Waals surface area contributed by atoms with Crippen LogP contribution in [0, 0.1) is 5.41 Å². The van der Waals surface area contributed by atoms with Gasteiger partial charge in [0.1, 0.15) is 11.6 Å². The molecule has 1 heterocycles. The van der Waals surface area contributed by atoms with Gasteiger partial charge in [-0.15, -0.1) is 0 Å². The molecule has 4 nitrogen and oxygen atoms in total. The number of alkyl halides is 3. The fourth-order valence-electron chi connectivity index (χ4n) is 1.50. The van der Waals surface area contributed by atoms with Crippen LogP contribution < -0.4 is 10.5 Å². The van der Waals surface area contributed by atoms with Gasteiger partial charge in [0.2, 0.25) is 5.88 Å². The third kappa shape index (κ3) is 3.05. The number of ether oxygens (including phenoxy) is 1. The quantitative estimate of drug-likeness (QED) is 0.670. The number of nitrogens with two attached hydrogens (primary N) is 1. The molecule has 1 aromatic heterocycles. The van der Waals surface area contributed by atoms with E-state index in [9.17, 15) is 13.2 Å². The standard InChI is InChI=1S/C13H10F3N3O/c14-13(15,16)8-3-5-9(6-4-8)20-12-10(11(17)18)2-1-7-19-12/h1-7H,(H3,17,18). The van der Waals surface area contributed by atoms with Crippen LogP contribution in [-0.2, 0) is 6.18 Å². The number of pyridine rings is 1. The molecule has 0 aliphatic carbocycles. The monoisotopic (exact) mass is 281 g/mol. The van der Waals surface area contributed by atoms with Gasteiger partial charge in [0, 0.05) is 6.20 Å². The molecule has 2 rings (SSSR count). The average molecular weight is 281 g/mol. The molecule has 2 aromatic rings. The lowest BCUT2D eigenvalue weighted by Gasteiger charge is -2.10. The molecule has 0 radical (unpaired) electrons. The van der Waals surface area contributed by atoms with E-state index in [0.717, 1.165) is 12.1 Å². The molecule has 104 valence electrons. The molecule has 0 unspecified atom stereocenters. The van der Waals surface area contributed by atoms with Crippen molar-refractivity contribution in [1.29, 1.82) is 5.41 Å². The Morgan fingerprint density at radius 1 is 1.15 bits per heavy atom. The lowest BCUT2D eigenvalue weighted by atomic mass is 10.2. The highest BCUT2D eigenvalue weighted by atomic mass is 19.4. The van der Waals surface area contributed by atoms with Crippen molar-refractivity contribution >= 4 is 5.84 Å². The summed E-state index contributed by atoms with van der Waals surface area (Å²) < 4.78 is 42.6. The van der Waals surface area contributed by atoms with Crippen molar-refractivity contribution in [2.45, 2.75) is 6.18 Å². The Balaban J connectivity index is 2.25. The molecule has 20 heavy (non-hydrogen) atoms. The second kappa shape index (κ2) is 5.20. The van der Waals surface area contributed by atoms with Crippen LogP contribution >= 0.6 is 0 Å². The summed E-state index contributed by atoms with van der Waals surface area (Å²) in [6, 6.07) is 7.30. The number of nitrogen functional groups attached to an aromatic ring is 1. The number of hydrogen-bond donors (Lipinski definition) is 2. The van der Waals surface area contributed by atoms with Crippen LogP contribution in [0.1, 0.15) is 11.1 Å². The first-order valence-corrected chi connectivity index (χ1v) is 5.52. The van der Waals surface area contributed by atoms with E-state index >= 15 is 0 Å². The van der Waals surface area contributed by atoms with Gasteiger partial charge in [0.05, 0.1) is 11.1 Å². The van der Waals surface area contributed by atoms with Crippen molar-refractivity contribution in [2.75, 3.05) is 0 Å². The van der Waals surface area contributed by atoms with Crippen molar-refractivity contribution in [3.63, 3.8) is 0 Å². The summed E-state index contributed by atoms with van der Waals surface area (Å²) in [5, 5.41) is 7.37. The van der Waals surface area contributed by atoms with Gasteiger partial charge >= 0.3 is 6.18 Å². The van der Waals surface area contributed by atoms with Crippen molar-refractivity contribution in [1.82, 2.24) is 4.98 Å². The number of amidine groups is 1. The summed E-state index contributed by atoms with van der Waals surface area (Å²) in [6.45, 7) is 0. The van der Waals surface area contributed by atoms with Gasteiger partial charge in [-0.25, -0.2) is 4.98 Å². The van der Waals surface area contributed by atoms with Crippen molar-refractivity contribution < 1.29 is 17.9 Å². The minimum Gasteiger partial charge on any atom is -0.438 e. The first-order chi connectivity index (χ1) is 9.38. The smallest absolute Gasteiger partial charge is 0.416 e. The molecule has 3 N–H and O–H groups in total. The molecule has 0 bridgehead atoms. The van der Waals surface area contributed by atoms with Gasteiger partial charge in [-0.3, -0.25) is 5.41 Å². The summed E-state index contributed by atoms with van der Waals surface area (Å²) in [5.74, 6) is 0.0129. The van der Waals surface area contributed by atoms with Crippen LogP contribution in [0.15, 0.2) is 42.6 Å². The Labute approximate surface area is 112 Å². The lowest BCUT2D eigenvalue weighted by molar-refractivity contribution is -0.137. The van der Waals surface area contributed by atoms with Gasteiger partial charge < -0.3 is 10.5 Å². The highest BCUT2D eigenvalue weighted by Gasteiger charge is 2.30. The maximum absolute atomic E-state index is 12.4. The zero-order valence-electron chi connectivity index (χ0n) is 10.1. The number of benzene rings is 1. The van der Waals surface area contributed by atoms with Crippen LogP contribution in [0.25, 0.3) is 0 Å². The molecule has 0 fully saturated rings. The maximum atomic E-state index is 12.4. The van der Waals surface area contributed by atoms with Gasteiger partial charge in [-0.2, -0.15) is 13.2 Å². The Morgan fingerprint density at radius 3 is 2.35 bits per heavy atom. The number of nitrogens with zero attached hydrogens (tertiary/aromatic N) is 1. The number of hydrogen-bond acceptors (Lipinski definition) is 3. The van der Waals surface area contributed by atoms with E-state index < -0.39 is 11.7 Å². The van der Waals surface area contributed by atoms with E-state index in [1.807, 2.05) is 0 Å². The third-order valence-electron chi connectivity index (χ3n) is 2.46. The number of aromatic nitrogens is 1. The van der Waals surface area contributed by atoms with Crippen molar-refractivity contribution in [2.24, 2.45) is 5.73 Å². The Kier molecular flexibility index (Phi) is 3.60. The van der Waals surface area contributed by atoms with E-state index in [2.05, 4.69) is 4.98 Å². The van der Waals surface area contributed by atoms with E-state index in [0.29, 0.717) is 0 Å². The van der Waals surface area contributed by atoms with Gasteiger partial charge in [-0.1, -0.05) is 0 Å². The Hall–Kier alpha value is -2.57. The second-order valence-corrected chi connectivity index (χ2v) is 3.89. The Morgan fingerprint density at radius 2 is 1.80 bits per heavy atom. The molecular weight excluding hydrogens is 271 g/mol. The average Bonchev–Trinajstić information content (AvgIpc) is 2.38. The first kappa shape index (κ1) is 13.9. The lowest BCUT2D eigenvalue weighted by Crippen LogP contribution is -2.12. The minimum atomic E-state index is -4.39. The number of halogens is 3. The molecule has 0 spiro atoms. The SMILES string of the molecule is N=C(N)c1cccnc1Oc1ccc(C(F)(F)F)cc1. The highest BCUT2D eigenvalue weighted by molar-refractivity contribution is 5.97. The number of rotatable bonds is 3. The van der Waals surface area contributed by atoms with E-state index in [1.165, 1.54) is 24.4 Å². The first-order valence-electron chi connectivity index (χ1n) is 5.52. The van der Waals surface area contributed by atoms with Crippen molar-refractivity contribution in [3.8, 4) is 11.6 Å². The highest BCUT2D eigenvalue weighted by Crippen LogP contribution is 2.31. The van der Waals surface area contributed by atoms with E-state index in [1.54, 1.807) is 6.07 Å². The third-order valence-corrected chi connectivity index (χ3v) is 2.46. The van der Waals surface area contributed by atoms with Gasteiger partial charge in [0.25, 0.3) is 0 Å². The van der Waals surface area contributed by atoms with Gasteiger partial charge in [-0.05, 0) is 36.4 Å². The normalized spacial score (nSPS) is 11.2. The maximum Gasteiger partial charge on any atom is 0.416 e. The predicted octanol–water partition coefficient (Wildman–Crippen LogP) is 3.18. The minimum absolute atomic E-state index is 0.0692. The molecule has 1 aromatic carbocycles. The zero-order chi connectivity index (χ0) is 14.8. The summed E-state index contributed by atoms with van der Waals surface area (Å²) >= 11 is 0. The predicted molar refractivity (Wildman–Crippen MR) is 66.8 cm³/mol. The zero-order valence-corrected chi connectivity index (χ0v) is 10.1. The molecule has 0 aliphatic heterocycles. The summed E-state index contributed by atoms with van der Waals surface area (Å²) in [5.41, 5.74) is 4.87. The fourth-order valence-corrected chi connectivity index (χ4v) is 1.50. The van der Waals surface area contributed by atoms with Crippen LogP contribution in [-0.4, -0.2) is 10.8 Å². The molecule has 0 atom stereocenters. The molecule has 0 aliphatic rings. The van der Waals surface area contributed by atoms with Crippen LogP contribution in [0.5, 0.6) is 11.6 Å². The molecule has 0 saturated heterocycles. The summed E-state index contributed by atoms with van der Waals surface area (Å²) in [4.78, 5) is 3.90. The van der Waals surface area contributed by atoms with Gasteiger partial charge in [0.15, 0.2) is 0 Å². The van der Waals surface area contributed by atoms with E-state index in [4.69, 9.17) is 15.9 Å². The van der Waals surface area contributed by atoms with E-state index in [-0.39, 0.29) is 23.0 Å². The van der Waals surface area contributed by atoms with Crippen LogP contribution in [0.3, 0.4) is 0 Å². The largest absolute Gasteiger partial charge is 0.438 e. The summed E-state index contributed by atoms with van der Waals surface area (Å²) in [7, 11) is 0. The fraction of sp³-hybridized carbons (Fsp3) is 0.0769. The molecular formula is C13H10F3N3O. The molecule has 0 amide bonds.